The van der Waals surface area contributed by atoms with Gasteiger partial charge in [-0.1, -0.05) is 12.1 Å². The van der Waals surface area contributed by atoms with Gasteiger partial charge in [-0.25, -0.2) is 0 Å². The summed E-state index contributed by atoms with van der Waals surface area (Å²) in [6.45, 7) is 5.99. The monoisotopic (exact) mass is 331 g/mol. The van der Waals surface area contributed by atoms with Gasteiger partial charge in [-0.2, -0.15) is 0 Å². The molecule has 1 unspecified atom stereocenters. The fourth-order valence-corrected chi connectivity index (χ4v) is 3.73. The molecule has 2 aliphatic rings. The van der Waals surface area contributed by atoms with E-state index >= 15 is 0 Å². The normalized spacial score (nSPS) is 21.7. The van der Waals surface area contributed by atoms with E-state index in [1.165, 1.54) is 19.3 Å². The smallest absolute Gasteiger partial charge is 0.234 e. The molecule has 1 aliphatic heterocycles. The SMILES string of the molecule is CC(C)Oc1cccc(CNC(=O)CNC2CCNC23CCC3)c1. The van der Waals surface area contributed by atoms with Crippen LogP contribution in [0.3, 0.4) is 0 Å². The zero-order chi connectivity index (χ0) is 17.0. The maximum atomic E-state index is 12.1. The molecule has 1 aromatic carbocycles. The minimum atomic E-state index is 0.0477. The first-order valence-corrected chi connectivity index (χ1v) is 9.08. The molecule has 1 aliphatic carbocycles. The van der Waals surface area contributed by atoms with Gasteiger partial charge in [0.25, 0.3) is 0 Å². The van der Waals surface area contributed by atoms with Crippen LogP contribution in [0, 0.1) is 0 Å². The van der Waals surface area contributed by atoms with E-state index in [4.69, 9.17) is 4.74 Å². The quantitative estimate of drug-likeness (QED) is 0.715. The van der Waals surface area contributed by atoms with Gasteiger partial charge in [0.1, 0.15) is 5.75 Å². The molecule has 1 saturated carbocycles. The summed E-state index contributed by atoms with van der Waals surface area (Å²) in [6.07, 6.45) is 5.02. The molecule has 3 N–H and O–H groups in total. The zero-order valence-electron chi connectivity index (χ0n) is 14.7. The highest BCUT2D eigenvalue weighted by molar-refractivity contribution is 5.78. The molecule has 24 heavy (non-hydrogen) atoms. The second kappa shape index (κ2) is 7.53. The van der Waals surface area contributed by atoms with Gasteiger partial charge in [0, 0.05) is 18.1 Å². The topological polar surface area (TPSA) is 62.4 Å². The van der Waals surface area contributed by atoms with Crippen LogP contribution in [-0.4, -0.2) is 36.7 Å². The number of amides is 1. The van der Waals surface area contributed by atoms with Crippen LogP contribution in [0.1, 0.15) is 45.1 Å². The summed E-state index contributed by atoms with van der Waals surface area (Å²) in [5.74, 6) is 0.894. The van der Waals surface area contributed by atoms with Crippen molar-refractivity contribution in [1.29, 1.82) is 0 Å². The van der Waals surface area contributed by atoms with Gasteiger partial charge < -0.3 is 20.7 Å². The highest BCUT2D eigenvalue weighted by Crippen LogP contribution is 2.38. The number of rotatable bonds is 7. The summed E-state index contributed by atoms with van der Waals surface area (Å²) in [4.78, 5) is 12.1. The van der Waals surface area contributed by atoms with Crippen molar-refractivity contribution >= 4 is 5.91 Å². The first kappa shape index (κ1) is 17.2. The molecular formula is C19H29N3O2. The van der Waals surface area contributed by atoms with Gasteiger partial charge in [0.15, 0.2) is 0 Å². The average Bonchev–Trinajstić information content (AvgIpc) is 2.95. The lowest BCUT2D eigenvalue weighted by atomic mass is 9.73. The highest BCUT2D eigenvalue weighted by atomic mass is 16.5. The third-order valence-electron chi connectivity index (χ3n) is 5.09. The molecule has 1 aromatic rings. The van der Waals surface area contributed by atoms with E-state index < -0.39 is 0 Å². The van der Waals surface area contributed by atoms with Crippen LogP contribution in [0.4, 0.5) is 0 Å². The average molecular weight is 331 g/mol. The molecule has 0 radical (unpaired) electrons. The number of nitrogens with one attached hydrogen (secondary N) is 3. The summed E-state index contributed by atoms with van der Waals surface area (Å²) in [7, 11) is 0. The van der Waals surface area contributed by atoms with Crippen LogP contribution >= 0.6 is 0 Å². The van der Waals surface area contributed by atoms with Crippen molar-refractivity contribution in [1.82, 2.24) is 16.0 Å². The van der Waals surface area contributed by atoms with Gasteiger partial charge in [-0.3, -0.25) is 4.79 Å². The second-order valence-corrected chi connectivity index (χ2v) is 7.25. The van der Waals surface area contributed by atoms with Gasteiger partial charge in [-0.05, 0) is 63.8 Å². The maximum absolute atomic E-state index is 12.1. The first-order chi connectivity index (χ1) is 11.6. The van der Waals surface area contributed by atoms with Crippen molar-refractivity contribution in [2.75, 3.05) is 13.1 Å². The molecule has 0 aromatic heterocycles. The molecule has 1 atom stereocenters. The van der Waals surface area contributed by atoms with Gasteiger partial charge >= 0.3 is 0 Å². The Morgan fingerprint density at radius 3 is 2.96 bits per heavy atom. The Hall–Kier alpha value is -1.59. The fraction of sp³-hybridized carbons (Fsp3) is 0.632. The first-order valence-electron chi connectivity index (χ1n) is 9.08. The number of hydrogen-bond acceptors (Lipinski definition) is 4. The minimum Gasteiger partial charge on any atom is -0.491 e. The van der Waals surface area contributed by atoms with Crippen molar-refractivity contribution in [3.8, 4) is 5.75 Å². The van der Waals surface area contributed by atoms with E-state index in [2.05, 4.69) is 16.0 Å². The Kier molecular flexibility index (Phi) is 5.41. The lowest BCUT2D eigenvalue weighted by molar-refractivity contribution is -0.120. The highest BCUT2D eigenvalue weighted by Gasteiger charge is 2.46. The number of ether oxygens (including phenoxy) is 1. The van der Waals surface area contributed by atoms with Crippen LogP contribution in [-0.2, 0) is 11.3 Å². The third-order valence-corrected chi connectivity index (χ3v) is 5.09. The molecule has 132 valence electrons. The Bertz CT molecular complexity index is 569. The van der Waals surface area contributed by atoms with Crippen LogP contribution < -0.4 is 20.7 Å². The van der Waals surface area contributed by atoms with Crippen LogP contribution in [0.15, 0.2) is 24.3 Å². The molecule has 0 bridgehead atoms. The molecular weight excluding hydrogens is 302 g/mol. The van der Waals surface area contributed by atoms with E-state index in [0.717, 1.165) is 24.3 Å². The van der Waals surface area contributed by atoms with E-state index in [-0.39, 0.29) is 17.6 Å². The zero-order valence-corrected chi connectivity index (χ0v) is 14.7. The summed E-state index contributed by atoms with van der Waals surface area (Å²) in [5, 5.41) is 10.1. The van der Waals surface area contributed by atoms with Crippen molar-refractivity contribution in [2.45, 2.75) is 63.8 Å². The largest absolute Gasteiger partial charge is 0.491 e. The summed E-state index contributed by atoms with van der Waals surface area (Å²) in [5.41, 5.74) is 1.32. The summed E-state index contributed by atoms with van der Waals surface area (Å²) in [6, 6.07) is 8.32. The van der Waals surface area contributed by atoms with E-state index in [1.807, 2.05) is 38.1 Å². The standard InChI is InChI=1S/C19H29N3O2/c1-14(2)24-16-6-3-5-15(11-16)12-21-18(23)13-20-17-7-10-22-19(17)8-4-9-19/h3,5-6,11,14,17,20,22H,4,7-10,12-13H2,1-2H3,(H,21,23). The van der Waals surface area contributed by atoms with Crippen molar-refractivity contribution in [2.24, 2.45) is 0 Å². The molecule has 1 amide bonds. The Morgan fingerprint density at radius 1 is 1.42 bits per heavy atom. The molecule has 5 nitrogen and oxygen atoms in total. The van der Waals surface area contributed by atoms with Gasteiger partial charge in [-0.15, -0.1) is 0 Å². The summed E-state index contributed by atoms with van der Waals surface area (Å²) < 4.78 is 5.69. The number of benzene rings is 1. The van der Waals surface area contributed by atoms with Crippen LogP contribution in [0.2, 0.25) is 0 Å². The second-order valence-electron chi connectivity index (χ2n) is 7.25. The predicted molar refractivity (Wildman–Crippen MR) is 95.0 cm³/mol. The number of carbonyl (C=O) groups excluding carboxylic acids is 1. The maximum Gasteiger partial charge on any atom is 0.234 e. The van der Waals surface area contributed by atoms with Crippen molar-refractivity contribution in [3.63, 3.8) is 0 Å². The van der Waals surface area contributed by atoms with Crippen molar-refractivity contribution in [3.05, 3.63) is 29.8 Å². The summed E-state index contributed by atoms with van der Waals surface area (Å²) >= 11 is 0. The number of hydrogen-bond donors (Lipinski definition) is 3. The molecule has 1 heterocycles. The molecule has 1 saturated heterocycles. The Morgan fingerprint density at radius 2 is 2.25 bits per heavy atom. The lowest BCUT2D eigenvalue weighted by Gasteiger charge is -2.43. The lowest BCUT2D eigenvalue weighted by Crippen LogP contribution is -2.59. The van der Waals surface area contributed by atoms with E-state index in [1.54, 1.807) is 0 Å². The predicted octanol–water partition coefficient (Wildman–Crippen LogP) is 1.96. The number of carbonyl (C=O) groups is 1. The molecule has 5 heteroatoms. The minimum absolute atomic E-state index is 0.0477. The molecule has 1 spiro atoms. The van der Waals surface area contributed by atoms with E-state index in [9.17, 15) is 4.79 Å². The van der Waals surface area contributed by atoms with Crippen LogP contribution in [0.5, 0.6) is 5.75 Å². The molecule has 3 rings (SSSR count). The van der Waals surface area contributed by atoms with Gasteiger partial charge in [0.2, 0.25) is 5.91 Å². The fourth-order valence-electron chi connectivity index (χ4n) is 3.73. The van der Waals surface area contributed by atoms with Crippen molar-refractivity contribution < 1.29 is 9.53 Å². The van der Waals surface area contributed by atoms with Crippen LogP contribution in [0.25, 0.3) is 0 Å². The third kappa shape index (κ3) is 4.08. The Labute approximate surface area is 144 Å². The van der Waals surface area contributed by atoms with E-state index in [0.29, 0.717) is 19.1 Å². The Balaban J connectivity index is 1.42. The van der Waals surface area contributed by atoms with Gasteiger partial charge in [0.05, 0.1) is 12.6 Å². The molecule has 2 fully saturated rings.